The molecular weight excluding hydrogens is 306 g/mol. The minimum Gasteiger partial charge on any atom is -0.372 e. The molecule has 3 rings (SSSR count). The second kappa shape index (κ2) is 6.73. The van der Waals surface area contributed by atoms with Crippen LogP contribution in [0.3, 0.4) is 0 Å². The molecule has 1 aliphatic rings. The highest BCUT2D eigenvalue weighted by molar-refractivity contribution is 5.80. The summed E-state index contributed by atoms with van der Waals surface area (Å²) in [5.74, 6) is 0.0493. The smallest absolute Gasteiger partial charge is 0.261 e. The van der Waals surface area contributed by atoms with Crippen LogP contribution in [0, 0.1) is 6.92 Å². The molecule has 1 aromatic carbocycles. The lowest BCUT2D eigenvalue weighted by Gasteiger charge is -2.35. The number of carbonyl (C=O) groups is 1. The van der Waals surface area contributed by atoms with Gasteiger partial charge in [-0.25, -0.2) is 4.98 Å². The van der Waals surface area contributed by atoms with Crippen molar-refractivity contribution in [3.63, 3.8) is 0 Å². The summed E-state index contributed by atoms with van der Waals surface area (Å²) >= 11 is 0. The van der Waals surface area contributed by atoms with Gasteiger partial charge < -0.3 is 9.64 Å². The molecule has 1 amide bonds. The minimum atomic E-state index is -0.0970. The van der Waals surface area contributed by atoms with Gasteiger partial charge in [-0.15, -0.1) is 0 Å². The number of benzene rings is 1. The molecule has 2 aromatic rings. The highest BCUT2D eigenvalue weighted by Crippen LogP contribution is 2.13. The molecule has 0 saturated carbocycles. The van der Waals surface area contributed by atoms with Crippen molar-refractivity contribution in [2.45, 2.75) is 45.9 Å². The first-order valence-electron chi connectivity index (χ1n) is 8.33. The lowest BCUT2D eigenvalue weighted by atomic mass is 10.1. The van der Waals surface area contributed by atoms with Crippen molar-refractivity contribution in [1.29, 1.82) is 0 Å². The molecule has 6 nitrogen and oxygen atoms in total. The number of para-hydroxylation sites is 1. The zero-order valence-corrected chi connectivity index (χ0v) is 14.4. The number of hydrogen-bond acceptors (Lipinski definition) is 4. The summed E-state index contributed by atoms with van der Waals surface area (Å²) in [5.41, 5.74) is 1.60. The van der Waals surface area contributed by atoms with Gasteiger partial charge in [0.05, 0.1) is 29.4 Å². The van der Waals surface area contributed by atoms with E-state index in [-0.39, 0.29) is 23.7 Å². The van der Waals surface area contributed by atoms with Crippen molar-refractivity contribution in [2.75, 3.05) is 13.1 Å². The maximum Gasteiger partial charge on any atom is 0.261 e. The third-order valence-corrected chi connectivity index (χ3v) is 4.39. The van der Waals surface area contributed by atoms with Crippen molar-refractivity contribution in [1.82, 2.24) is 14.5 Å². The fourth-order valence-electron chi connectivity index (χ4n) is 3.25. The highest BCUT2D eigenvalue weighted by Gasteiger charge is 2.25. The van der Waals surface area contributed by atoms with Gasteiger partial charge in [0.15, 0.2) is 0 Å². The zero-order chi connectivity index (χ0) is 17.3. The average Bonchev–Trinajstić information content (AvgIpc) is 2.54. The largest absolute Gasteiger partial charge is 0.372 e. The van der Waals surface area contributed by atoms with Crippen LogP contribution in [-0.2, 0) is 16.1 Å². The molecule has 1 saturated heterocycles. The van der Waals surface area contributed by atoms with Gasteiger partial charge in [-0.1, -0.05) is 12.1 Å². The van der Waals surface area contributed by atoms with Crippen LogP contribution in [-0.4, -0.2) is 45.7 Å². The quantitative estimate of drug-likeness (QED) is 0.860. The Hall–Kier alpha value is -2.21. The van der Waals surface area contributed by atoms with Crippen molar-refractivity contribution < 1.29 is 9.53 Å². The van der Waals surface area contributed by atoms with Gasteiger partial charge in [0.1, 0.15) is 0 Å². The number of hydrogen-bond donors (Lipinski definition) is 0. The van der Waals surface area contributed by atoms with E-state index < -0.39 is 0 Å². The summed E-state index contributed by atoms with van der Waals surface area (Å²) in [6.07, 6.45) is 1.92. The molecule has 1 aliphatic heterocycles. The van der Waals surface area contributed by atoms with Crippen LogP contribution >= 0.6 is 0 Å². The van der Waals surface area contributed by atoms with Crippen LogP contribution in [0.25, 0.3) is 10.9 Å². The topological polar surface area (TPSA) is 64.4 Å². The Bertz CT molecular complexity index is 805. The first kappa shape index (κ1) is 16.6. The third kappa shape index (κ3) is 3.33. The van der Waals surface area contributed by atoms with Crippen molar-refractivity contribution in [2.24, 2.45) is 0 Å². The number of fused-ring (bicyclic) bond motifs is 1. The average molecular weight is 329 g/mol. The van der Waals surface area contributed by atoms with E-state index in [4.69, 9.17) is 4.74 Å². The molecule has 1 aromatic heterocycles. The van der Waals surface area contributed by atoms with E-state index in [1.807, 2.05) is 37.8 Å². The number of rotatable bonds is 3. The second-order valence-electron chi connectivity index (χ2n) is 6.52. The van der Waals surface area contributed by atoms with E-state index in [0.29, 0.717) is 31.4 Å². The number of carbonyl (C=O) groups excluding carboxylic acids is 1. The molecular formula is C18H23N3O3. The molecule has 0 N–H and O–H groups in total. The van der Waals surface area contributed by atoms with Crippen molar-refractivity contribution >= 4 is 16.8 Å². The van der Waals surface area contributed by atoms with Crippen molar-refractivity contribution in [3.05, 3.63) is 40.4 Å². The van der Waals surface area contributed by atoms with Crippen LogP contribution < -0.4 is 5.56 Å². The van der Waals surface area contributed by atoms with E-state index in [1.165, 1.54) is 10.9 Å². The molecule has 1 fully saturated rings. The van der Waals surface area contributed by atoms with Gasteiger partial charge in [-0.05, 0) is 32.4 Å². The molecule has 128 valence electrons. The molecule has 0 spiro atoms. The van der Waals surface area contributed by atoms with Gasteiger partial charge in [0, 0.05) is 26.1 Å². The molecule has 24 heavy (non-hydrogen) atoms. The van der Waals surface area contributed by atoms with Crippen LogP contribution in [0.15, 0.2) is 29.3 Å². The van der Waals surface area contributed by atoms with Gasteiger partial charge in [-0.2, -0.15) is 0 Å². The van der Waals surface area contributed by atoms with Crippen LogP contribution in [0.5, 0.6) is 0 Å². The first-order valence-corrected chi connectivity index (χ1v) is 8.33. The highest BCUT2D eigenvalue weighted by atomic mass is 16.5. The van der Waals surface area contributed by atoms with Crippen molar-refractivity contribution in [3.8, 4) is 0 Å². The van der Waals surface area contributed by atoms with E-state index in [0.717, 1.165) is 11.1 Å². The fourth-order valence-corrected chi connectivity index (χ4v) is 3.25. The first-order chi connectivity index (χ1) is 11.5. The molecule has 0 aliphatic carbocycles. The number of aromatic nitrogens is 2. The van der Waals surface area contributed by atoms with Gasteiger partial charge in [-0.3, -0.25) is 14.2 Å². The predicted octanol–water partition coefficient (Wildman–Crippen LogP) is 1.73. The standard InChI is InChI=1S/C18H23N3O3/c1-12-5-4-6-15-17(12)19-11-20(18(15)23)8-7-16(22)21-9-13(2)24-14(3)10-21/h4-6,11,13-14H,7-10H2,1-3H3/t13-,14-/m1/s1. The molecule has 6 heteroatoms. The Balaban J connectivity index is 1.73. The number of amides is 1. The van der Waals surface area contributed by atoms with Crippen LogP contribution in [0.4, 0.5) is 0 Å². The van der Waals surface area contributed by atoms with E-state index in [1.54, 1.807) is 6.07 Å². The molecule has 0 radical (unpaired) electrons. The fraction of sp³-hybridized carbons (Fsp3) is 0.500. The molecule has 2 atom stereocenters. The maximum atomic E-state index is 12.6. The molecule has 0 unspecified atom stereocenters. The summed E-state index contributed by atoms with van der Waals surface area (Å²) in [4.78, 5) is 31.2. The molecule has 2 heterocycles. The number of nitrogens with zero attached hydrogens (tertiary/aromatic N) is 3. The monoisotopic (exact) mass is 329 g/mol. The SMILES string of the molecule is Cc1cccc2c(=O)n(CCC(=O)N3C[C@@H](C)O[C@H](C)C3)cnc12. The Morgan fingerprint density at radius 3 is 2.71 bits per heavy atom. The van der Waals surface area contributed by atoms with Gasteiger partial charge in [0.2, 0.25) is 5.91 Å². The van der Waals surface area contributed by atoms with Gasteiger partial charge in [0.25, 0.3) is 5.56 Å². The normalized spacial score (nSPS) is 21.2. The number of aryl methyl sites for hydroxylation is 2. The summed E-state index contributed by atoms with van der Waals surface area (Å²) < 4.78 is 7.17. The number of morpholine rings is 1. The maximum absolute atomic E-state index is 12.6. The summed E-state index contributed by atoms with van der Waals surface area (Å²) in [6, 6.07) is 5.57. The lowest BCUT2D eigenvalue weighted by Crippen LogP contribution is -2.48. The second-order valence-corrected chi connectivity index (χ2v) is 6.52. The third-order valence-electron chi connectivity index (χ3n) is 4.39. The number of ether oxygens (including phenoxy) is 1. The Labute approximate surface area is 141 Å². The van der Waals surface area contributed by atoms with Gasteiger partial charge >= 0.3 is 0 Å². The lowest BCUT2D eigenvalue weighted by molar-refractivity contribution is -0.143. The summed E-state index contributed by atoms with van der Waals surface area (Å²) in [6.45, 7) is 7.42. The Kier molecular flexibility index (Phi) is 4.66. The van der Waals surface area contributed by atoms with E-state index in [9.17, 15) is 9.59 Å². The van der Waals surface area contributed by atoms with E-state index in [2.05, 4.69) is 4.98 Å². The Morgan fingerprint density at radius 1 is 1.29 bits per heavy atom. The Morgan fingerprint density at radius 2 is 2.00 bits per heavy atom. The van der Waals surface area contributed by atoms with Crippen LogP contribution in [0.1, 0.15) is 25.8 Å². The van der Waals surface area contributed by atoms with Crippen LogP contribution in [0.2, 0.25) is 0 Å². The predicted molar refractivity (Wildman–Crippen MR) is 91.9 cm³/mol. The van der Waals surface area contributed by atoms with E-state index >= 15 is 0 Å². The zero-order valence-electron chi connectivity index (χ0n) is 14.4. The minimum absolute atomic E-state index is 0.0470. The summed E-state index contributed by atoms with van der Waals surface area (Å²) in [5, 5.41) is 0.596. The summed E-state index contributed by atoms with van der Waals surface area (Å²) in [7, 11) is 0. The molecule has 0 bridgehead atoms.